The minimum atomic E-state index is -0.625. The van der Waals surface area contributed by atoms with Crippen LogP contribution < -0.4 is 4.74 Å². The van der Waals surface area contributed by atoms with E-state index in [1.54, 1.807) is 0 Å². The van der Waals surface area contributed by atoms with Gasteiger partial charge in [-0.15, -0.1) is 0 Å². The van der Waals surface area contributed by atoms with E-state index in [0.717, 1.165) is 18.9 Å². The second-order valence-electron chi connectivity index (χ2n) is 4.23. The Labute approximate surface area is 99.5 Å². The van der Waals surface area contributed by atoms with E-state index in [0.29, 0.717) is 25.2 Å². The van der Waals surface area contributed by atoms with Gasteiger partial charge in [0, 0.05) is 18.1 Å². The fourth-order valence-corrected chi connectivity index (χ4v) is 1.97. The molecule has 0 N–H and O–H groups in total. The highest BCUT2D eigenvalue weighted by Gasteiger charge is 2.21. The molecule has 0 saturated carbocycles. The van der Waals surface area contributed by atoms with Crippen molar-refractivity contribution in [3.8, 4) is 5.75 Å². The highest BCUT2D eigenvalue weighted by atomic mass is 19.1. The average molecular weight is 242 g/mol. The Hall–Kier alpha value is -1.16. The van der Waals surface area contributed by atoms with Crippen LogP contribution in [0.2, 0.25) is 0 Å². The Morgan fingerprint density at radius 3 is 2.88 bits per heavy atom. The first-order valence-corrected chi connectivity index (χ1v) is 5.93. The van der Waals surface area contributed by atoms with E-state index >= 15 is 0 Å². The van der Waals surface area contributed by atoms with E-state index in [1.165, 1.54) is 6.07 Å². The number of hydrogen-bond acceptors (Lipinski definition) is 2. The molecule has 0 bridgehead atoms. The largest absolute Gasteiger partial charge is 0.485 e. The summed E-state index contributed by atoms with van der Waals surface area (Å²) >= 11 is 0. The Morgan fingerprint density at radius 1 is 1.41 bits per heavy atom. The van der Waals surface area contributed by atoms with Gasteiger partial charge in [0.2, 0.25) is 0 Å². The summed E-state index contributed by atoms with van der Waals surface area (Å²) < 4.78 is 37.6. The van der Waals surface area contributed by atoms with Crippen molar-refractivity contribution in [1.29, 1.82) is 0 Å². The monoisotopic (exact) mass is 242 g/mol. The summed E-state index contributed by atoms with van der Waals surface area (Å²) in [7, 11) is 0. The van der Waals surface area contributed by atoms with E-state index in [9.17, 15) is 8.78 Å². The summed E-state index contributed by atoms with van der Waals surface area (Å²) in [6.45, 7) is 3.07. The van der Waals surface area contributed by atoms with Crippen LogP contribution in [-0.2, 0) is 11.2 Å². The standard InChI is InChI=1S/C13H16F2O2/c1-2-3-9-6-10(14)7-12(15)13(9)17-11-4-5-16-8-11/h6-7,11H,2-5,8H2,1H3/t11-/m1/s1. The molecule has 1 saturated heterocycles. The first kappa shape index (κ1) is 12.3. The van der Waals surface area contributed by atoms with E-state index in [-0.39, 0.29) is 11.9 Å². The molecule has 4 heteroatoms. The zero-order chi connectivity index (χ0) is 12.3. The quantitative estimate of drug-likeness (QED) is 0.807. The van der Waals surface area contributed by atoms with Gasteiger partial charge >= 0.3 is 0 Å². The zero-order valence-electron chi connectivity index (χ0n) is 9.84. The topological polar surface area (TPSA) is 18.5 Å². The van der Waals surface area contributed by atoms with Crippen molar-refractivity contribution in [1.82, 2.24) is 0 Å². The van der Waals surface area contributed by atoms with Gasteiger partial charge in [-0.05, 0) is 12.5 Å². The summed E-state index contributed by atoms with van der Waals surface area (Å²) in [5.41, 5.74) is 0.594. The van der Waals surface area contributed by atoms with Crippen LogP contribution >= 0.6 is 0 Å². The molecule has 94 valence electrons. The SMILES string of the molecule is CCCc1cc(F)cc(F)c1O[C@@H]1CCOC1. The molecule has 0 radical (unpaired) electrons. The van der Waals surface area contributed by atoms with Gasteiger partial charge in [0.05, 0.1) is 13.2 Å². The van der Waals surface area contributed by atoms with Gasteiger partial charge in [-0.3, -0.25) is 0 Å². The lowest BCUT2D eigenvalue weighted by atomic mass is 10.1. The van der Waals surface area contributed by atoms with Crippen molar-refractivity contribution in [3.05, 3.63) is 29.3 Å². The smallest absolute Gasteiger partial charge is 0.168 e. The predicted octanol–water partition coefficient (Wildman–Crippen LogP) is 3.09. The molecular formula is C13H16F2O2. The molecule has 17 heavy (non-hydrogen) atoms. The van der Waals surface area contributed by atoms with Gasteiger partial charge in [-0.2, -0.15) is 0 Å². The lowest BCUT2D eigenvalue weighted by molar-refractivity contribution is 0.137. The number of aryl methyl sites for hydroxylation is 1. The first-order valence-electron chi connectivity index (χ1n) is 5.93. The van der Waals surface area contributed by atoms with Crippen molar-refractivity contribution in [2.75, 3.05) is 13.2 Å². The van der Waals surface area contributed by atoms with Crippen molar-refractivity contribution in [3.63, 3.8) is 0 Å². The van der Waals surface area contributed by atoms with Crippen LogP contribution in [0.3, 0.4) is 0 Å². The maximum atomic E-state index is 13.7. The third kappa shape index (κ3) is 2.94. The second-order valence-corrected chi connectivity index (χ2v) is 4.23. The predicted molar refractivity (Wildman–Crippen MR) is 60.2 cm³/mol. The van der Waals surface area contributed by atoms with Gasteiger partial charge in [0.1, 0.15) is 11.9 Å². The van der Waals surface area contributed by atoms with Crippen LogP contribution in [0.4, 0.5) is 8.78 Å². The highest BCUT2D eigenvalue weighted by molar-refractivity contribution is 5.36. The molecule has 1 atom stereocenters. The molecule has 1 aliphatic heterocycles. The number of ether oxygens (including phenoxy) is 2. The van der Waals surface area contributed by atoms with Gasteiger partial charge in [-0.25, -0.2) is 8.78 Å². The van der Waals surface area contributed by atoms with Crippen molar-refractivity contribution in [2.24, 2.45) is 0 Å². The molecule has 0 aliphatic carbocycles. The molecule has 0 aromatic heterocycles. The molecule has 0 amide bonds. The number of benzene rings is 1. The van der Waals surface area contributed by atoms with Gasteiger partial charge in [-0.1, -0.05) is 13.3 Å². The van der Waals surface area contributed by atoms with Crippen molar-refractivity contribution < 1.29 is 18.3 Å². The third-order valence-corrected chi connectivity index (χ3v) is 2.78. The minimum absolute atomic E-state index is 0.120. The minimum Gasteiger partial charge on any atom is -0.485 e. The Balaban J connectivity index is 2.22. The van der Waals surface area contributed by atoms with Crippen molar-refractivity contribution in [2.45, 2.75) is 32.3 Å². The summed E-state index contributed by atoms with van der Waals surface area (Å²) in [6.07, 6.45) is 2.06. The van der Waals surface area contributed by atoms with Crippen LogP contribution in [0.15, 0.2) is 12.1 Å². The van der Waals surface area contributed by atoms with Gasteiger partial charge in [0.15, 0.2) is 11.6 Å². The molecule has 1 fully saturated rings. The van der Waals surface area contributed by atoms with Gasteiger partial charge < -0.3 is 9.47 Å². The number of halogens is 2. The molecule has 1 aliphatic rings. The maximum Gasteiger partial charge on any atom is 0.168 e. The molecule has 0 unspecified atom stereocenters. The molecule has 0 spiro atoms. The van der Waals surface area contributed by atoms with Crippen LogP contribution in [-0.4, -0.2) is 19.3 Å². The summed E-state index contributed by atoms with van der Waals surface area (Å²) in [5, 5.41) is 0. The Kier molecular flexibility index (Phi) is 3.94. The first-order chi connectivity index (χ1) is 8.20. The normalized spacial score (nSPS) is 19.6. The average Bonchev–Trinajstić information content (AvgIpc) is 2.76. The summed E-state index contributed by atoms with van der Waals surface area (Å²) in [6, 6.07) is 2.21. The summed E-state index contributed by atoms with van der Waals surface area (Å²) in [5.74, 6) is -0.995. The molecular weight excluding hydrogens is 226 g/mol. The second kappa shape index (κ2) is 5.45. The van der Waals surface area contributed by atoms with E-state index in [2.05, 4.69) is 0 Å². The van der Waals surface area contributed by atoms with Crippen molar-refractivity contribution >= 4 is 0 Å². The van der Waals surface area contributed by atoms with E-state index in [4.69, 9.17) is 9.47 Å². The summed E-state index contributed by atoms with van der Waals surface area (Å²) in [4.78, 5) is 0. The number of rotatable bonds is 4. The molecule has 2 rings (SSSR count). The lowest BCUT2D eigenvalue weighted by Gasteiger charge is -2.16. The fraction of sp³-hybridized carbons (Fsp3) is 0.538. The van der Waals surface area contributed by atoms with Crippen LogP contribution in [0.1, 0.15) is 25.3 Å². The van der Waals surface area contributed by atoms with E-state index < -0.39 is 11.6 Å². The maximum absolute atomic E-state index is 13.7. The van der Waals surface area contributed by atoms with Gasteiger partial charge in [0.25, 0.3) is 0 Å². The fourth-order valence-electron chi connectivity index (χ4n) is 1.97. The molecule has 1 aromatic carbocycles. The molecule has 2 nitrogen and oxygen atoms in total. The highest BCUT2D eigenvalue weighted by Crippen LogP contribution is 2.28. The number of hydrogen-bond donors (Lipinski definition) is 0. The Morgan fingerprint density at radius 2 is 2.24 bits per heavy atom. The molecule has 1 aromatic rings. The van der Waals surface area contributed by atoms with E-state index in [1.807, 2.05) is 6.92 Å². The zero-order valence-corrected chi connectivity index (χ0v) is 9.84. The van der Waals surface area contributed by atoms with Crippen LogP contribution in [0.5, 0.6) is 5.75 Å². The lowest BCUT2D eigenvalue weighted by Crippen LogP contribution is -2.17. The Bertz CT molecular complexity index is 387. The van der Waals surface area contributed by atoms with Crippen LogP contribution in [0, 0.1) is 11.6 Å². The third-order valence-electron chi connectivity index (χ3n) is 2.78. The van der Waals surface area contributed by atoms with Crippen LogP contribution in [0.25, 0.3) is 0 Å². The molecule has 1 heterocycles.